The van der Waals surface area contributed by atoms with Gasteiger partial charge in [0.05, 0.1) is 42.6 Å². The lowest BCUT2D eigenvalue weighted by Crippen LogP contribution is -2.30. The van der Waals surface area contributed by atoms with Gasteiger partial charge in [-0.15, -0.1) is 0 Å². The van der Waals surface area contributed by atoms with E-state index in [4.69, 9.17) is 14.5 Å². The predicted octanol–water partition coefficient (Wildman–Crippen LogP) is 8.23. The average Bonchev–Trinajstić information content (AvgIpc) is 3.05. The van der Waals surface area contributed by atoms with Gasteiger partial charge in [-0.1, -0.05) is 78.1 Å². The Hall–Kier alpha value is -4.71. The molecule has 0 bridgehead atoms. The highest BCUT2D eigenvalue weighted by Gasteiger charge is 2.28. The number of carbonyl (C=O) groups is 1. The summed E-state index contributed by atoms with van der Waals surface area (Å²) in [5, 5.41) is 10.9. The van der Waals surface area contributed by atoms with E-state index in [1.54, 1.807) is 30.9 Å². The number of aromatic nitrogens is 1. The number of amides is 1. The number of anilines is 2. The van der Waals surface area contributed by atoms with E-state index in [1.807, 2.05) is 103 Å². The standard InChI is InChI=1S/C34H25N3O3S2/c1-39-23-16-17-30(40-2)25(18-23)24-19-27(22-10-4-3-5-11-22)36-34(26(24)20-35)41-21-33(38)37-28-12-6-8-14-31(28)42-32-15-9-7-13-29(32)37/h3-19H,21H2,1-2H3. The molecule has 0 atom stereocenters. The number of fused-ring (bicyclic) bond motifs is 2. The SMILES string of the molecule is COc1ccc(OC)c(-c2cc(-c3ccccc3)nc(SCC(=O)N3c4ccccc4Sc4ccccc43)c2C#N)c1. The third kappa shape index (κ3) is 5.20. The minimum atomic E-state index is -0.100. The first-order valence-electron chi connectivity index (χ1n) is 13.2. The molecule has 0 saturated carbocycles. The van der Waals surface area contributed by atoms with Gasteiger partial charge in [0.15, 0.2) is 0 Å². The maximum Gasteiger partial charge on any atom is 0.242 e. The van der Waals surface area contributed by atoms with Crippen LogP contribution in [0.3, 0.4) is 0 Å². The molecule has 0 spiro atoms. The number of hydrogen-bond acceptors (Lipinski definition) is 7. The summed E-state index contributed by atoms with van der Waals surface area (Å²) in [6, 6.07) is 35.3. The molecule has 42 heavy (non-hydrogen) atoms. The summed E-state index contributed by atoms with van der Waals surface area (Å²) in [5.41, 5.74) is 5.01. The van der Waals surface area contributed by atoms with Crippen molar-refractivity contribution in [1.82, 2.24) is 4.98 Å². The van der Waals surface area contributed by atoms with Crippen LogP contribution in [0.25, 0.3) is 22.4 Å². The lowest BCUT2D eigenvalue weighted by Gasteiger charge is -2.31. The molecule has 0 N–H and O–H groups in total. The molecule has 8 heteroatoms. The minimum Gasteiger partial charge on any atom is -0.497 e. The smallest absolute Gasteiger partial charge is 0.242 e. The Bertz CT molecular complexity index is 1790. The van der Waals surface area contributed by atoms with Gasteiger partial charge in [0.25, 0.3) is 0 Å². The molecular weight excluding hydrogens is 563 g/mol. The van der Waals surface area contributed by atoms with Crippen molar-refractivity contribution in [2.75, 3.05) is 24.9 Å². The van der Waals surface area contributed by atoms with Crippen molar-refractivity contribution in [1.29, 1.82) is 5.26 Å². The molecule has 0 radical (unpaired) electrons. The van der Waals surface area contributed by atoms with Gasteiger partial charge >= 0.3 is 0 Å². The fourth-order valence-corrected chi connectivity index (χ4v) is 6.81. The fraction of sp³-hybridized carbons (Fsp3) is 0.0882. The zero-order valence-electron chi connectivity index (χ0n) is 22.9. The number of pyridine rings is 1. The highest BCUT2D eigenvalue weighted by Crippen LogP contribution is 2.48. The average molecular weight is 588 g/mol. The van der Waals surface area contributed by atoms with Crippen LogP contribution in [0.2, 0.25) is 0 Å². The summed E-state index contributed by atoms with van der Waals surface area (Å²) in [6.45, 7) is 0. The maximum absolute atomic E-state index is 13.9. The van der Waals surface area contributed by atoms with E-state index in [2.05, 4.69) is 6.07 Å². The van der Waals surface area contributed by atoms with E-state index in [-0.39, 0.29) is 11.7 Å². The molecule has 0 aliphatic carbocycles. The van der Waals surface area contributed by atoms with Crippen LogP contribution in [0.4, 0.5) is 11.4 Å². The summed E-state index contributed by atoms with van der Waals surface area (Å²) < 4.78 is 11.2. The number of nitriles is 1. The second-order valence-corrected chi connectivity index (χ2v) is 11.4. The first-order valence-corrected chi connectivity index (χ1v) is 15.0. The van der Waals surface area contributed by atoms with Gasteiger partial charge in [0.1, 0.15) is 22.6 Å². The van der Waals surface area contributed by atoms with Crippen LogP contribution in [-0.2, 0) is 4.79 Å². The van der Waals surface area contributed by atoms with E-state index in [0.29, 0.717) is 38.9 Å². The second kappa shape index (κ2) is 12.0. The maximum atomic E-state index is 13.9. The zero-order chi connectivity index (χ0) is 29.1. The quantitative estimate of drug-likeness (QED) is 0.178. The Morgan fingerprint density at radius 1 is 0.857 bits per heavy atom. The van der Waals surface area contributed by atoms with Crippen LogP contribution >= 0.6 is 23.5 Å². The molecule has 2 heterocycles. The van der Waals surface area contributed by atoms with Crippen molar-refractivity contribution >= 4 is 40.8 Å². The number of ether oxygens (including phenoxy) is 2. The number of nitrogens with zero attached hydrogens (tertiary/aromatic N) is 3. The van der Waals surface area contributed by atoms with Crippen molar-refractivity contribution in [2.24, 2.45) is 0 Å². The molecule has 1 aliphatic heterocycles. The van der Waals surface area contributed by atoms with Crippen LogP contribution in [0.1, 0.15) is 5.56 Å². The van der Waals surface area contributed by atoms with Crippen LogP contribution in [0.15, 0.2) is 118 Å². The van der Waals surface area contributed by atoms with Crippen molar-refractivity contribution in [3.05, 3.63) is 109 Å². The molecule has 1 aliphatic rings. The largest absolute Gasteiger partial charge is 0.497 e. The Kier molecular flexibility index (Phi) is 7.87. The van der Waals surface area contributed by atoms with Crippen LogP contribution in [0, 0.1) is 11.3 Å². The van der Waals surface area contributed by atoms with Gasteiger partial charge in [-0.2, -0.15) is 5.26 Å². The number of thioether (sulfide) groups is 1. The number of rotatable bonds is 7. The first kappa shape index (κ1) is 27.5. The van der Waals surface area contributed by atoms with Crippen LogP contribution in [0.5, 0.6) is 11.5 Å². The Morgan fingerprint density at radius 3 is 2.17 bits per heavy atom. The first-order chi connectivity index (χ1) is 20.6. The van der Waals surface area contributed by atoms with Gasteiger partial charge in [0, 0.05) is 26.5 Å². The van der Waals surface area contributed by atoms with Crippen molar-refractivity contribution in [3.63, 3.8) is 0 Å². The normalized spacial score (nSPS) is 11.7. The minimum absolute atomic E-state index is 0.0853. The number of hydrogen-bond donors (Lipinski definition) is 0. The fourth-order valence-electron chi connectivity index (χ4n) is 4.90. The Labute approximate surface area is 252 Å². The zero-order valence-corrected chi connectivity index (χ0v) is 24.5. The third-order valence-corrected chi connectivity index (χ3v) is 8.97. The van der Waals surface area contributed by atoms with Gasteiger partial charge in [-0.25, -0.2) is 4.98 Å². The lowest BCUT2D eigenvalue weighted by molar-refractivity contribution is -0.115. The van der Waals surface area contributed by atoms with E-state index >= 15 is 0 Å². The lowest BCUT2D eigenvalue weighted by atomic mass is 9.98. The molecule has 4 aromatic carbocycles. The van der Waals surface area contributed by atoms with Crippen LogP contribution < -0.4 is 14.4 Å². The molecule has 5 aromatic rings. The third-order valence-electron chi connectivity index (χ3n) is 6.88. The van der Waals surface area contributed by atoms with Crippen LogP contribution in [-0.4, -0.2) is 30.9 Å². The molecule has 6 nitrogen and oxygen atoms in total. The molecule has 0 fully saturated rings. The summed E-state index contributed by atoms with van der Waals surface area (Å²) in [5.74, 6) is 1.22. The second-order valence-electron chi connectivity index (χ2n) is 9.33. The summed E-state index contributed by atoms with van der Waals surface area (Å²) in [4.78, 5) is 22.6. The topological polar surface area (TPSA) is 75.5 Å². The van der Waals surface area contributed by atoms with Crippen molar-refractivity contribution in [3.8, 4) is 40.0 Å². The highest BCUT2D eigenvalue weighted by atomic mass is 32.2. The van der Waals surface area contributed by atoms with Gasteiger partial charge in [-0.05, 0) is 48.5 Å². The molecule has 0 unspecified atom stereocenters. The van der Waals surface area contributed by atoms with E-state index in [9.17, 15) is 10.1 Å². The predicted molar refractivity (Wildman–Crippen MR) is 168 cm³/mol. The van der Waals surface area contributed by atoms with Gasteiger partial charge in [-0.3, -0.25) is 9.69 Å². The van der Waals surface area contributed by atoms with Crippen molar-refractivity contribution in [2.45, 2.75) is 14.8 Å². The summed E-state index contributed by atoms with van der Waals surface area (Å²) >= 11 is 2.91. The van der Waals surface area contributed by atoms with E-state index in [1.165, 1.54) is 11.8 Å². The van der Waals surface area contributed by atoms with E-state index in [0.717, 1.165) is 26.7 Å². The molecule has 6 rings (SSSR count). The summed E-state index contributed by atoms with van der Waals surface area (Å²) in [6.07, 6.45) is 0. The number of para-hydroxylation sites is 2. The number of benzene rings is 4. The Morgan fingerprint density at radius 2 is 1.52 bits per heavy atom. The van der Waals surface area contributed by atoms with Gasteiger partial charge in [0.2, 0.25) is 5.91 Å². The Balaban J connectivity index is 1.43. The molecule has 1 aromatic heterocycles. The highest BCUT2D eigenvalue weighted by molar-refractivity contribution is 8.00. The van der Waals surface area contributed by atoms with E-state index < -0.39 is 0 Å². The number of carbonyl (C=O) groups excluding carboxylic acids is 1. The molecule has 0 saturated heterocycles. The molecule has 1 amide bonds. The monoisotopic (exact) mass is 587 g/mol. The molecular formula is C34H25N3O3S2. The molecule has 206 valence electrons. The summed E-state index contributed by atoms with van der Waals surface area (Å²) in [7, 11) is 3.19. The van der Waals surface area contributed by atoms with Crippen molar-refractivity contribution < 1.29 is 14.3 Å². The van der Waals surface area contributed by atoms with Gasteiger partial charge < -0.3 is 9.47 Å². The number of methoxy groups -OCH3 is 2.